The molecule has 0 aliphatic carbocycles. The van der Waals surface area contributed by atoms with Crippen molar-refractivity contribution in [1.82, 2.24) is 0 Å². The van der Waals surface area contributed by atoms with E-state index in [9.17, 15) is 9.36 Å². The van der Waals surface area contributed by atoms with E-state index in [1.807, 2.05) is 63.2 Å². The van der Waals surface area contributed by atoms with Crippen LogP contribution in [0.5, 0.6) is 0 Å². The monoisotopic (exact) mass is 303 g/mol. The zero-order valence-corrected chi connectivity index (χ0v) is 13.4. The third-order valence-electron chi connectivity index (χ3n) is 2.99. The van der Waals surface area contributed by atoms with Gasteiger partial charge >= 0.3 is 12.5 Å². The fraction of sp³-hybridized carbons (Fsp3) is 0.188. The largest absolute Gasteiger partial charge is 0.497 e. The summed E-state index contributed by atoms with van der Waals surface area (Å²) in [6, 6.07) is 13.3. The molecule has 0 aromatic heterocycles. The maximum absolute atomic E-state index is 12.4. The third kappa shape index (κ3) is 3.36. The summed E-state index contributed by atoms with van der Waals surface area (Å²) in [4.78, 5) is 13.2. The first-order valence-electron chi connectivity index (χ1n) is 6.31. The van der Waals surface area contributed by atoms with E-state index in [2.05, 4.69) is 0 Å². The highest BCUT2D eigenvalue weighted by Crippen LogP contribution is 2.47. The van der Waals surface area contributed by atoms with Crippen molar-refractivity contribution in [2.24, 2.45) is 0 Å². The molecule has 0 saturated heterocycles. The van der Waals surface area contributed by atoms with E-state index < -0.39 is 7.00 Å². The second-order valence-corrected chi connectivity index (χ2v) is 7.86. The van der Waals surface area contributed by atoms with Gasteiger partial charge in [-0.1, -0.05) is 35.9 Å². The van der Waals surface area contributed by atoms with Crippen LogP contribution in [0.1, 0.15) is 27.0 Å². The molecule has 0 aliphatic rings. The molecule has 2 nitrogen and oxygen atoms in total. The Kier molecular flexibility index (Phi) is 4.74. The predicted molar refractivity (Wildman–Crippen MR) is 84.9 cm³/mol. The van der Waals surface area contributed by atoms with Crippen LogP contribution in [-0.2, 0) is 4.57 Å². The molecule has 4 heteroatoms. The van der Waals surface area contributed by atoms with Gasteiger partial charge in [0.15, 0.2) is 11.4 Å². The van der Waals surface area contributed by atoms with Gasteiger partial charge in [0.1, 0.15) is 0 Å². The lowest BCUT2D eigenvalue weighted by Gasteiger charge is -2.04. The Bertz CT molecular complexity index is 642. The highest BCUT2D eigenvalue weighted by Gasteiger charge is 2.34. The molecule has 1 unspecified atom stereocenters. The highest BCUT2D eigenvalue weighted by atomic mass is 32.7. The van der Waals surface area contributed by atoms with Crippen molar-refractivity contribution in [3.63, 3.8) is 0 Å². The molecule has 102 valence electrons. The Morgan fingerprint density at radius 1 is 1.00 bits per heavy atom. The topological polar surface area (TPSA) is 34.1 Å². The molecule has 0 N–H and O–H groups in total. The standard InChI is InChI=1S/C16H16O2PS/c1-11-9-12(2)15(13(3)10-11)16(17)19(18)20-14-7-5-4-6-8-14/h4-10H,1-3H3/q+1. The normalized spacial score (nSPS) is 11.2. The van der Waals surface area contributed by atoms with Crippen LogP contribution >= 0.6 is 18.4 Å². The Hall–Kier alpha value is -1.44. The van der Waals surface area contributed by atoms with Gasteiger partial charge in [0.05, 0.1) is 10.5 Å². The van der Waals surface area contributed by atoms with E-state index in [4.69, 9.17) is 0 Å². The molecule has 2 aromatic rings. The molecule has 1 atom stereocenters. The molecule has 0 heterocycles. The number of carbonyl (C=O) groups excluding carboxylic acids is 1. The van der Waals surface area contributed by atoms with Crippen LogP contribution in [0.25, 0.3) is 0 Å². The molecule has 0 radical (unpaired) electrons. The molecular formula is C16H16O2PS+. The fourth-order valence-corrected chi connectivity index (χ4v) is 4.78. The molecule has 0 saturated carbocycles. The number of benzene rings is 2. The highest BCUT2D eigenvalue weighted by molar-refractivity contribution is 8.56. The van der Waals surface area contributed by atoms with E-state index in [0.717, 1.165) is 33.0 Å². The van der Waals surface area contributed by atoms with Gasteiger partial charge in [-0.15, -0.1) is 0 Å². The maximum atomic E-state index is 12.4. The summed E-state index contributed by atoms with van der Waals surface area (Å²) < 4.78 is 12.3. The lowest BCUT2D eigenvalue weighted by molar-refractivity contribution is 0.108. The van der Waals surface area contributed by atoms with Crippen LogP contribution in [0.2, 0.25) is 0 Å². The Labute approximate surface area is 124 Å². The third-order valence-corrected chi connectivity index (χ3v) is 5.82. The minimum atomic E-state index is -2.01. The van der Waals surface area contributed by atoms with Gasteiger partial charge in [-0.2, -0.15) is 0 Å². The lowest BCUT2D eigenvalue weighted by atomic mass is 10.0. The first kappa shape index (κ1) is 15.0. The summed E-state index contributed by atoms with van der Waals surface area (Å²) in [7, 11) is -2.01. The first-order valence-corrected chi connectivity index (χ1v) is 8.99. The summed E-state index contributed by atoms with van der Waals surface area (Å²) in [5, 5.41) is 0. The number of rotatable bonds is 4. The van der Waals surface area contributed by atoms with Gasteiger partial charge < -0.3 is 0 Å². The Balaban J connectivity index is 2.26. The number of aryl methyl sites for hydroxylation is 3. The zero-order chi connectivity index (χ0) is 14.7. The Morgan fingerprint density at radius 3 is 2.10 bits per heavy atom. The molecule has 20 heavy (non-hydrogen) atoms. The molecule has 2 aromatic carbocycles. The van der Waals surface area contributed by atoms with Gasteiger partial charge in [0.25, 0.3) is 0 Å². The van der Waals surface area contributed by atoms with Crippen LogP contribution in [0.15, 0.2) is 47.4 Å². The average Bonchev–Trinajstić information content (AvgIpc) is 2.38. The molecular weight excluding hydrogens is 287 g/mol. The van der Waals surface area contributed by atoms with Gasteiger partial charge in [-0.3, -0.25) is 0 Å². The molecule has 0 amide bonds. The smallest absolute Gasteiger partial charge is 0.233 e. The molecule has 0 aliphatic heterocycles. The molecule has 0 bridgehead atoms. The van der Waals surface area contributed by atoms with Crippen molar-refractivity contribution in [1.29, 1.82) is 0 Å². The summed E-state index contributed by atoms with van der Waals surface area (Å²) in [5.41, 5.74) is 3.22. The van der Waals surface area contributed by atoms with Crippen molar-refractivity contribution in [3.05, 3.63) is 64.7 Å². The average molecular weight is 303 g/mol. The fourth-order valence-electron chi connectivity index (χ4n) is 2.23. The van der Waals surface area contributed by atoms with Gasteiger partial charge in [0, 0.05) is 0 Å². The van der Waals surface area contributed by atoms with Crippen LogP contribution in [0, 0.1) is 20.8 Å². The number of hydrogen-bond donors (Lipinski definition) is 0. The quantitative estimate of drug-likeness (QED) is 0.720. The van der Waals surface area contributed by atoms with E-state index in [0.29, 0.717) is 5.56 Å². The van der Waals surface area contributed by atoms with Crippen molar-refractivity contribution in [2.75, 3.05) is 0 Å². The second-order valence-electron chi connectivity index (χ2n) is 4.74. The summed E-state index contributed by atoms with van der Waals surface area (Å²) in [6.07, 6.45) is 0. The minimum absolute atomic E-state index is 0.274. The van der Waals surface area contributed by atoms with Gasteiger partial charge in [0.2, 0.25) is 0 Å². The molecule has 2 rings (SSSR count). The molecule has 0 fully saturated rings. The van der Waals surface area contributed by atoms with Crippen molar-refractivity contribution < 1.29 is 9.36 Å². The number of hydrogen-bond acceptors (Lipinski definition) is 3. The summed E-state index contributed by atoms with van der Waals surface area (Å²) >= 11 is 1.13. The SMILES string of the molecule is Cc1cc(C)c(C(=O)[P+](=O)Sc2ccccc2)c(C)c1. The van der Waals surface area contributed by atoms with Gasteiger partial charge in [-0.05, 0) is 48.6 Å². The van der Waals surface area contributed by atoms with Crippen LogP contribution < -0.4 is 0 Å². The maximum Gasteiger partial charge on any atom is 0.497 e. The van der Waals surface area contributed by atoms with Crippen LogP contribution in [0.4, 0.5) is 0 Å². The van der Waals surface area contributed by atoms with Crippen LogP contribution in [-0.4, -0.2) is 5.52 Å². The van der Waals surface area contributed by atoms with Crippen LogP contribution in [0.3, 0.4) is 0 Å². The first-order chi connectivity index (χ1) is 9.49. The summed E-state index contributed by atoms with van der Waals surface area (Å²) in [6.45, 7) is 5.78. The van der Waals surface area contributed by atoms with E-state index in [1.165, 1.54) is 0 Å². The van der Waals surface area contributed by atoms with Gasteiger partial charge in [-0.25, -0.2) is 4.79 Å². The van der Waals surface area contributed by atoms with E-state index >= 15 is 0 Å². The minimum Gasteiger partial charge on any atom is -0.233 e. The second kappa shape index (κ2) is 6.34. The van der Waals surface area contributed by atoms with E-state index in [-0.39, 0.29) is 5.52 Å². The van der Waals surface area contributed by atoms with Crippen molar-refractivity contribution in [3.8, 4) is 0 Å². The summed E-state index contributed by atoms with van der Waals surface area (Å²) in [5.74, 6) is 0. The Morgan fingerprint density at radius 2 is 1.55 bits per heavy atom. The predicted octanol–water partition coefficient (Wildman–Crippen LogP) is 5.29. The number of carbonyl (C=O) groups is 1. The molecule has 0 spiro atoms. The zero-order valence-electron chi connectivity index (χ0n) is 11.7. The lowest BCUT2D eigenvalue weighted by Crippen LogP contribution is -2.00. The van der Waals surface area contributed by atoms with Crippen molar-refractivity contribution in [2.45, 2.75) is 25.7 Å². The van der Waals surface area contributed by atoms with Crippen molar-refractivity contribution >= 4 is 23.9 Å². The van der Waals surface area contributed by atoms with E-state index in [1.54, 1.807) is 0 Å².